The highest BCUT2D eigenvalue weighted by Gasteiger charge is 2.49. The quantitative estimate of drug-likeness (QED) is 0.176. The highest BCUT2D eigenvalue weighted by atomic mass is 16.5. The van der Waals surface area contributed by atoms with Crippen LogP contribution >= 0.6 is 0 Å². The van der Waals surface area contributed by atoms with Crippen LogP contribution in [0.5, 0.6) is 11.5 Å². The SMILES string of the molecule is CC1(C)c2ccccc2-c2ccc(N(c3ccc4c5ccccc5n(-c5ccccc5)c4c3)c3ccc4c5c(cccc35)C3(c5ccccc5Oc5ccccc53)c3ccccc3-4)cc21. The zero-order valence-corrected chi connectivity index (χ0v) is 36.1. The van der Waals surface area contributed by atoms with Crippen molar-refractivity contribution in [3.8, 4) is 39.4 Å². The van der Waals surface area contributed by atoms with E-state index in [4.69, 9.17) is 4.74 Å². The summed E-state index contributed by atoms with van der Waals surface area (Å²) in [5, 5.41) is 4.92. The van der Waals surface area contributed by atoms with Gasteiger partial charge in [0.15, 0.2) is 0 Å². The molecule has 10 aromatic carbocycles. The van der Waals surface area contributed by atoms with Gasteiger partial charge in [0.05, 0.1) is 22.1 Å². The van der Waals surface area contributed by atoms with Crippen LogP contribution < -0.4 is 9.64 Å². The normalized spacial score (nSPS) is 14.4. The molecule has 0 saturated heterocycles. The first-order valence-electron chi connectivity index (χ1n) is 22.7. The van der Waals surface area contributed by atoms with Crippen molar-refractivity contribution in [2.75, 3.05) is 4.90 Å². The van der Waals surface area contributed by atoms with E-state index < -0.39 is 5.41 Å². The molecule has 0 fully saturated rings. The van der Waals surface area contributed by atoms with Crippen LogP contribution in [0, 0.1) is 0 Å². The number of benzene rings is 10. The molecule has 1 spiro atoms. The lowest BCUT2D eigenvalue weighted by Crippen LogP contribution is -2.36. The molecule has 0 saturated carbocycles. The number of fused-ring (bicyclic) bond motifs is 14. The Morgan fingerprint density at radius 1 is 0.385 bits per heavy atom. The summed E-state index contributed by atoms with van der Waals surface area (Å²) in [6.45, 7) is 4.75. The summed E-state index contributed by atoms with van der Waals surface area (Å²) in [6, 6.07) is 80.8. The topological polar surface area (TPSA) is 17.4 Å². The fourth-order valence-electron chi connectivity index (χ4n) is 12.1. The summed E-state index contributed by atoms with van der Waals surface area (Å²) in [5.41, 5.74) is 18.7. The van der Waals surface area contributed by atoms with Crippen molar-refractivity contribution in [2.24, 2.45) is 0 Å². The van der Waals surface area contributed by atoms with Gasteiger partial charge in [-0.2, -0.15) is 0 Å². The molecule has 0 atom stereocenters. The van der Waals surface area contributed by atoms with Crippen LogP contribution in [-0.2, 0) is 10.8 Å². The van der Waals surface area contributed by atoms with E-state index in [9.17, 15) is 0 Å². The summed E-state index contributed by atoms with van der Waals surface area (Å²) in [7, 11) is 0. The van der Waals surface area contributed by atoms with Gasteiger partial charge in [-0.15, -0.1) is 0 Å². The van der Waals surface area contributed by atoms with Crippen LogP contribution in [0.4, 0.5) is 17.1 Å². The van der Waals surface area contributed by atoms with Crippen molar-refractivity contribution in [1.82, 2.24) is 4.57 Å². The summed E-state index contributed by atoms with van der Waals surface area (Å²) in [4.78, 5) is 2.52. The van der Waals surface area contributed by atoms with E-state index in [0.717, 1.165) is 45.4 Å². The smallest absolute Gasteiger partial charge is 0.132 e. The summed E-state index contributed by atoms with van der Waals surface area (Å²) < 4.78 is 9.17. The van der Waals surface area contributed by atoms with Gasteiger partial charge in [0.2, 0.25) is 0 Å². The zero-order chi connectivity index (χ0) is 43.0. The Hall–Kier alpha value is -8.14. The van der Waals surface area contributed by atoms with Gasteiger partial charge in [0.25, 0.3) is 0 Å². The second-order valence-corrected chi connectivity index (χ2v) is 18.4. The van der Waals surface area contributed by atoms with Gasteiger partial charge in [-0.05, 0) is 111 Å². The lowest BCUT2D eigenvalue weighted by atomic mass is 9.58. The van der Waals surface area contributed by atoms with Crippen molar-refractivity contribution < 1.29 is 4.74 Å². The molecule has 14 rings (SSSR count). The van der Waals surface area contributed by atoms with Crippen molar-refractivity contribution in [2.45, 2.75) is 24.7 Å². The number of hydrogen-bond donors (Lipinski definition) is 0. The van der Waals surface area contributed by atoms with Crippen molar-refractivity contribution in [1.29, 1.82) is 0 Å². The minimum atomic E-state index is -0.614. The molecule has 65 heavy (non-hydrogen) atoms. The number of nitrogens with zero attached hydrogens (tertiary/aromatic N) is 2. The Morgan fingerprint density at radius 3 is 1.72 bits per heavy atom. The highest BCUT2D eigenvalue weighted by molar-refractivity contribution is 6.13. The molecule has 1 aromatic heterocycles. The van der Waals surface area contributed by atoms with Crippen molar-refractivity contribution in [3.63, 3.8) is 0 Å². The fraction of sp³-hybridized carbons (Fsp3) is 0.0645. The molecular formula is C62H42N2O. The molecule has 0 amide bonds. The summed E-state index contributed by atoms with van der Waals surface area (Å²) in [5.74, 6) is 1.78. The van der Waals surface area contributed by atoms with Gasteiger partial charge < -0.3 is 14.2 Å². The molecule has 3 nitrogen and oxygen atoms in total. The Kier molecular flexibility index (Phi) is 7.38. The van der Waals surface area contributed by atoms with E-state index in [0.29, 0.717) is 0 Å². The Balaban J connectivity index is 1.09. The van der Waals surface area contributed by atoms with Gasteiger partial charge >= 0.3 is 0 Å². The number of para-hydroxylation sites is 4. The maximum Gasteiger partial charge on any atom is 0.132 e. The standard InChI is InChI=1S/C62H42N2O/c1-61(2)49-23-9-6-19-42(49)44-33-31-40(37-54(44)61)63(41-32-34-46-45-21-8-13-28-55(45)64(57(46)38-41)39-17-4-3-5-18-39)56-36-35-47-43-20-7-10-24-50(43)62(53-27-16-22-48(56)60(47)53)51-25-11-14-29-58(51)65-59-30-15-12-26-52(59)62/h3-38H,1-2H3. The Morgan fingerprint density at radius 2 is 0.938 bits per heavy atom. The third-order valence-corrected chi connectivity index (χ3v) is 14.8. The highest BCUT2D eigenvalue weighted by Crippen LogP contribution is 2.62. The van der Waals surface area contributed by atoms with Gasteiger partial charge in [0, 0.05) is 49.8 Å². The largest absolute Gasteiger partial charge is 0.457 e. The molecule has 0 N–H and O–H groups in total. The van der Waals surface area contributed by atoms with Crippen molar-refractivity contribution >= 4 is 49.6 Å². The lowest BCUT2D eigenvalue weighted by molar-refractivity contribution is 0.435. The number of hydrogen-bond acceptors (Lipinski definition) is 2. The molecule has 3 aliphatic rings. The van der Waals surface area contributed by atoms with E-state index in [1.807, 2.05) is 0 Å². The number of rotatable bonds is 4. The van der Waals surface area contributed by atoms with E-state index in [2.05, 4.69) is 242 Å². The molecule has 306 valence electrons. The molecule has 2 aliphatic carbocycles. The molecule has 2 heterocycles. The molecule has 1 aliphatic heterocycles. The average Bonchev–Trinajstić information content (AvgIpc) is 3.81. The van der Waals surface area contributed by atoms with Gasteiger partial charge in [-0.1, -0.05) is 172 Å². The number of anilines is 3. The van der Waals surface area contributed by atoms with Crippen LogP contribution in [-0.4, -0.2) is 4.57 Å². The molecular weight excluding hydrogens is 789 g/mol. The fourth-order valence-corrected chi connectivity index (χ4v) is 12.1. The van der Waals surface area contributed by atoms with Crippen LogP contribution in [0.3, 0.4) is 0 Å². The summed E-state index contributed by atoms with van der Waals surface area (Å²) in [6.07, 6.45) is 0. The third kappa shape index (κ3) is 4.79. The third-order valence-electron chi connectivity index (χ3n) is 14.8. The maximum absolute atomic E-state index is 6.75. The minimum Gasteiger partial charge on any atom is -0.457 e. The number of aromatic nitrogens is 1. The molecule has 0 radical (unpaired) electrons. The predicted molar refractivity (Wildman–Crippen MR) is 268 cm³/mol. The van der Waals surface area contributed by atoms with Crippen LogP contribution in [0.1, 0.15) is 47.2 Å². The van der Waals surface area contributed by atoms with E-state index >= 15 is 0 Å². The minimum absolute atomic E-state index is 0.169. The van der Waals surface area contributed by atoms with E-state index in [-0.39, 0.29) is 5.41 Å². The molecule has 0 unspecified atom stereocenters. The lowest BCUT2D eigenvalue weighted by Gasteiger charge is -2.45. The Bertz CT molecular complexity index is 3750. The van der Waals surface area contributed by atoms with Gasteiger partial charge in [0.1, 0.15) is 11.5 Å². The Labute approximate surface area is 378 Å². The maximum atomic E-state index is 6.75. The summed E-state index contributed by atoms with van der Waals surface area (Å²) >= 11 is 0. The van der Waals surface area contributed by atoms with Gasteiger partial charge in [-0.3, -0.25) is 0 Å². The predicted octanol–water partition coefficient (Wildman–Crippen LogP) is 16.2. The second kappa shape index (κ2) is 13.2. The van der Waals surface area contributed by atoms with Crippen molar-refractivity contribution in [3.05, 3.63) is 252 Å². The monoisotopic (exact) mass is 830 g/mol. The van der Waals surface area contributed by atoms with Crippen LogP contribution in [0.2, 0.25) is 0 Å². The first-order chi connectivity index (χ1) is 32.0. The van der Waals surface area contributed by atoms with Gasteiger partial charge in [-0.25, -0.2) is 0 Å². The van der Waals surface area contributed by atoms with Crippen LogP contribution in [0.25, 0.3) is 60.5 Å². The molecule has 3 heteroatoms. The molecule has 11 aromatic rings. The van der Waals surface area contributed by atoms with E-state index in [1.54, 1.807) is 0 Å². The average molecular weight is 831 g/mol. The zero-order valence-electron chi connectivity index (χ0n) is 36.1. The van der Waals surface area contributed by atoms with E-state index in [1.165, 1.54) is 77.1 Å². The van der Waals surface area contributed by atoms with Crippen LogP contribution in [0.15, 0.2) is 218 Å². The molecule has 0 bridgehead atoms. The first-order valence-corrected chi connectivity index (χ1v) is 22.7. The second-order valence-electron chi connectivity index (χ2n) is 18.4. The first kappa shape index (κ1) is 36.4. The number of ether oxygens (including phenoxy) is 1.